The van der Waals surface area contributed by atoms with E-state index in [1.807, 2.05) is 37.3 Å². The van der Waals surface area contributed by atoms with Gasteiger partial charge in [-0.15, -0.1) is 11.8 Å². The fourth-order valence-corrected chi connectivity index (χ4v) is 3.34. The van der Waals surface area contributed by atoms with Crippen molar-refractivity contribution in [3.63, 3.8) is 0 Å². The van der Waals surface area contributed by atoms with Crippen LogP contribution in [0, 0.1) is 0 Å². The van der Waals surface area contributed by atoms with Gasteiger partial charge in [-0.1, -0.05) is 30.3 Å². The zero-order chi connectivity index (χ0) is 17.8. The number of para-hydroxylation sites is 1. The van der Waals surface area contributed by atoms with Crippen LogP contribution in [0.15, 0.2) is 63.9 Å². The lowest BCUT2D eigenvalue weighted by Gasteiger charge is -2.11. The van der Waals surface area contributed by atoms with Crippen molar-refractivity contribution < 1.29 is 19.1 Å². The van der Waals surface area contributed by atoms with Crippen molar-refractivity contribution in [2.45, 2.75) is 17.9 Å². The summed E-state index contributed by atoms with van der Waals surface area (Å²) in [6, 6.07) is 16.0. The fraction of sp³-hybridized carbons (Fsp3) is 0.158. The maximum Gasteiger partial charge on any atom is 0.336 e. The summed E-state index contributed by atoms with van der Waals surface area (Å²) in [4.78, 5) is 23.9. The van der Waals surface area contributed by atoms with E-state index in [0.29, 0.717) is 10.7 Å². The second-order valence-electron chi connectivity index (χ2n) is 5.57. The van der Waals surface area contributed by atoms with E-state index in [1.165, 1.54) is 17.8 Å². The standard InChI is InChI=1S/C19H17NO4S/c1-12(16-10-13-6-2-4-8-15(13)24-16)20-18(21)11-25-17-9-5-3-7-14(17)19(22)23/h2-10,12H,11H2,1H3,(H,20,21)(H,22,23)/t12-/m1/s1. The summed E-state index contributed by atoms with van der Waals surface area (Å²) in [5.74, 6) is -0.364. The van der Waals surface area contributed by atoms with Crippen molar-refractivity contribution in [1.82, 2.24) is 5.32 Å². The van der Waals surface area contributed by atoms with E-state index in [4.69, 9.17) is 9.52 Å². The van der Waals surface area contributed by atoms with Crippen LogP contribution in [0.3, 0.4) is 0 Å². The van der Waals surface area contributed by atoms with E-state index in [2.05, 4.69) is 5.32 Å². The van der Waals surface area contributed by atoms with E-state index in [-0.39, 0.29) is 23.3 Å². The number of rotatable bonds is 6. The molecule has 1 aromatic heterocycles. The first kappa shape index (κ1) is 17.1. The summed E-state index contributed by atoms with van der Waals surface area (Å²) >= 11 is 1.20. The van der Waals surface area contributed by atoms with Crippen LogP contribution in [0.4, 0.5) is 0 Å². The SMILES string of the molecule is C[C@@H](NC(=O)CSc1ccccc1C(=O)O)c1cc2ccccc2o1. The molecule has 25 heavy (non-hydrogen) atoms. The molecule has 0 unspecified atom stereocenters. The van der Waals surface area contributed by atoms with Gasteiger partial charge in [-0.05, 0) is 31.2 Å². The monoisotopic (exact) mass is 355 g/mol. The number of nitrogens with one attached hydrogen (secondary N) is 1. The fourth-order valence-electron chi connectivity index (χ4n) is 2.48. The van der Waals surface area contributed by atoms with Gasteiger partial charge in [-0.3, -0.25) is 4.79 Å². The molecule has 1 atom stereocenters. The minimum Gasteiger partial charge on any atom is -0.478 e. The van der Waals surface area contributed by atoms with E-state index >= 15 is 0 Å². The lowest BCUT2D eigenvalue weighted by Crippen LogP contribution is -2.28. The molecule has 2 aromatic carbocycles. The molecular formula is C19H17NO4S. The molecule has 0 aliphatic rings. The molecule has 3 rings (SSSR count). The van der Waals surface area contributed by atoms with Gasteiger partial charge in [0.2, 0.25) is 5.91 Å². The number of carbonyl (C=O) groups is 2. The lowest BCUT2D eigenvalue weighted by atomic mass is 10.2. The zero-order valence-corrected chi connectivity index (χ0v) is 14.4. The number of furan rings is 1. The van der Waals surface area contributed by atoms with Crippen molar-refractivity contribution in [3.05, 3.63) is 65.9 Å². The summed E-state index contributed by atoms with van der Waals surface area (Å²) in [6.45, 7) is 1.85. The van der Waals surface area contributed by atoms with Gasteiger partial charge in [0.05, 0.1) is 17.4 Å². The average molecular weight is 355 g/mol. The number of thioether (sulfide) groups is 1. The largest absolute Gasteiger partial charge is 0.478 e. The van der Waals surface area contributed by atoms with E-state index in [1.54, 1.807) is 18.2 Å². The van der Waals surface area contributed by atoms with Gasteiger partial charge in [-0.25, -0.2) is 4.79 Å². The first-order valence-electron chi connectivity index (χ1n) is 7.77. The number of fused-ring (bicyclic) bond motifs is 1. The molecule has 0 saturated heterocycles. The number of hydrogen-bond acceptors (Lipinski definition) is 4. The first-order valence-corrected chi connectivity index (χ1v) is 8.76. The maximum absolute atomic E-state index is 12.2. The highest BCUT2D eigenvalue weighted by atomic mass is 32.2. The number of benzene rings is 2. The molecule has 0 radical (unpaired) electrons. The van der Waals surface area contributed by atoms with Gasteiger partial charge in [-0.2, -0.15) is 0 Å². The molecule has 6 heteroatoms. The highest BCUT2D eigenvalue weighted by Crippen LogP contribution is 2.25. The predicted molar refractivity (Wildman–Crippen MR) is 96.9 cm³/mol. The molecule has 1 heterocycles. The van der Waals surface area contributed by atoms with Crippen LogP contribution < -0.4 is 5.32 Å². The highest BCUT2D eigenvalue weighted by Gasteiger charge is 2.16. The van der Waals surface area contributed by atoms with Gasteiger partial charge < -0.3 is 14.8 Å². The van der Waals surface area contributed by atoms with Gasteiger partial charge in [0.1, 0.15) is 11.3 Å². The Bertz CT molecular complexity index is 885. The van der Waals surface area contributed by atoms with Gasteiger partial charge in [0.25, 0.3) is 0 Å². The molecule has 5 nitrogen and oxygen atoms in total. The summed E-state index contributed by atoms with van der Waals surface area (Å²) < 4.78 is 5.74. The molecular weight excluding hydrogens is 338 g/mol. The number of hydrogen-bond donors (Lipinski definition) is 2. The van der Waals surface area contributed by atoms with E-state index in [9.17, 15) is 9.59 Å². The molecule has 1 amide bonds. The Kier molecular flexibility index (Phi) is 5.09. The van der Waals surface area contributed by atoms with Crippen LogP contribution in [-0.2, 0) is 4.79 Å². The minimum absolute atomic E-state index is 0.134. The Balaban J connectivity index is 1.61. The molecule has 0 aliphatic carbocycles. The molecule has 2 N–H and O–H groups in total. The Labute approximate surface area is 149 Å². The Morgan fingerprint density at radius 2 is 1.88 bits per heavy atom. The number of aromatic carboxylic acids is 1. The van der Waals surface area contributed by atoms with Crippen LogP contribution >= 0.6 is 11.8 Å². The second-order valence-corrected chi connectivity index (χ2v) is 6.58. The third-order valence-electron chi connectivity index (χ3n) is 3.73. The van der Waals surface area contributed by atoms with E-state index < -0.39 is 5.97 Å². The summed E-state index contributed by atoms with van der Waals surface area (Å²) in [5.41, 5.74) is 0.981. The van der Waals surface area contributed by atoms with Crippen LogP contribution in [0.2, 0.25) is 0 Å². The molecule has 0 bridgehead atoms. The van der Waals surface area contributed by atoms with Crippen molar-refractivity contribution in [1.29, 1.82) is 0 Å². The average Bonchev–Trinajstić information content (AvgIpc) is 3.04. The zero-order valence-electron chi connectivity index (χ0n) is 13.6. The smallest absolute Gasteiger partial charge is 0.336 e. The molecule has 0 fully saturated rings. The number of amides is 1. The molecule has 128 valence electrons. The van der Waals surface area contributed by atoms with Crippen molar-refractivity contribution in [2.24, 2.45) is 0 Å². The Morgan fingerprint density at radius 1 is 1.16 bits per heavy atom. The van der Waals surface area contributed by atoms with Crippen molar-refractivity contribution in [3.8, 4) is 0 Å². The molecule has 0 saturated carbocycles. The lowest BCUT2D eigenvalue weighted by molar-refractivity contribution is -0.119. The van der Waals surface area contributed by atoms with E-state index in [0.717, 1.165) is 11.0 Å². The third kappa shape index (κ3) is 4.03. The van der Waals surface area contributed by atoms with Crippen molar-refractivity contribution >= 4 is 34.6 Å². The normalized spacial score (nSPS) is 12.0. The first-order chi connectivity index (χ1) is 12.0. The summed E-state index contributed by atoms with van der Waals surface area (Å²) in [7, 11) is 0. The van der Waals surface area contributed by atoms with Crippen LogP contribution in [0.25, 0.3) is 11.0 Å². The topological polar surface area (TPSA) is 79.5 Å². The maximum atomic E-state index is 12.2. The van der Waals surface area contributed by atoms with Crippen LogP contribution in [0.1, 0.15) is 29.1 Å². The van der Waals surface area contributed by atoms with Gasteiger partial charge in [0, 0.05) is 10.3 Å². The highest BCUT2D eigenvalue weighted by molar-refractivity contribution is 8.00. The summed E-state index contributed by atoms with van der Waals surface area (Å²) in [6.07, 6.45) is 0. The van der Waals surface area contributed by atoms with Gasteiger partial charge in [0.15, 0.2) is 0 Å². The Hall–Kier alpha value is -2.73. The molecule has 0 spiro atoms. The van der Waals surface area contributed by atoms with Crippen molar-refractivity contribution in [2.75, 3.05) is 5.75 Å². The molecule has 3 aromatic rings. The summed E-state index contributed by atoms with van der Waals surface area (Å²) in [5, 5.41) is 13.0. The molecule has 0 aliphatic heterocycles. The number of carboxylic acids is 1. The van der Waals surface area contributed by atoms with Crippen LogP contribution in [-0.4, -0.2) is 22.7 Å². The second kappa shape index (κ2) is 7.44. The van der Waals surface area contributed by atoms with Crippen LogP contribution in [0.5, 0.6) is 0 Å². The number of carbonyl (C=O) groups excluding carboxylic acids is 1. The quantitative estimate of drug-likeness (QED) is 0.651. The predicted octanol–water partition coefficient (Wildman–Crippen LogP) is 4.10. The van der Waals surface area contributed by atoms with Gasteiger partial charge >= 0.3 is 5.97 Å². The number of carboxylic acid groups (broad SMARTS) is 1. The minimum atomic E-state index is -1.00. The third-order valence-corrected chi connectivity index (χ3v) is 4.80. The Morgan fingerprint density at radius 3 is 2.64 bits per heavy atom.